The minimum absolute atomic E-state index is 0.111. The van der Waals surface area contributed by atoms with Gasteiger partial charge in [0.25, 0.3) is 5.91 Å². The molecule has 0 spiro atoms. The molecule has 1 aliphatic rings. The minimum atomic E-state index is 0.111. The maximum Gasteiger partial charge on any atom is 0.253 e. The van der Waals surface area contributed by atoms with Crippen molar-refractivity contribution >= 4 is 16.8 Å². The highest BCUT2D eigenvalue weighted by Crippen LogP contribution is 2.28. The first-order valence-corrected chi connectivity index (χ1v) is 7.37. The van der Waals surface area contributed by atoms with Gasteiger partial charge in [-0.15, -0.1) is 0 Å². The number of hydrogen-bond acceptors (Lipinski definition) is 2. The number of carbonyl (C=O) groups is 1. The van der Waals surface area contributed by atoms with Gasteiger partial charge in [-0.2, -0.15) is 5.10 Å². The monoisotopic (exact) mass is 271 g/mol. The average Bonchev–Trinajstić information content (AvgIpc) is 2.93. The van der Waals surface area contributed by atoms with Gasteiger partial charge in [0.15, 0.2) is 0 Å². The molecule has 1 N–H and O–H groups in total. The summed E-state index contributed by atoms with van der Waals surface area (Å²) in [5.41, 5.74) is 1.66. The summed E-state index contributed by atoms with van der Waals surface area (Å²) in [4.78, 5) is 14.6. The maximum absolute atomic E-state index is 12.6. The third-order valence-electron chi connectivity index (χ3n) is 4.57. The number of benzene rings is 1. The van der Waals surface area contributed by atoms with Crippen LogP contribution in [-0.4, -0.2) is 34.1 Å². The van der Waals surface area contributed by atoms with E-state index in [1.165, 1.54) is 19.3 Å². The Balaban J connectivity index is 1.83. The van der Waals surface area contributed by atoms with Crippen molar-refractivity contribution in [3.05, 3.63) is 30.0 Å². The van der Waals surface area contributed by atoms with Gasteiger partial charge < -0.3 is 4.90 Å². The fourth-order valence-electron chi connectivity index (χ4n) is 3.30. The maximum atomic E-state index is 12.6. The summed E-state index contributed by atoms with van der Waals surface area (Å²) in [5.74, 6) is 0.703. The van der Waals surface area contributed by atoms with Crippen molar-refractivity contribution in [2.45, 2.75) is 38.6 Å². The molecule has 1 aromatic heterocycles. The van der Waals surface area contributed by atoms with Crippen LogP contribution in [0.2, 0.25) is 0 Å². The molecule has 2 aromatic rings. The summed E-state index contributed by atoms with van der Waals surface area (Å²) >= 11 is 0. The van der Waals surface area contributed by atoms with Crippen molar-refractivity contribution < 1.29 is 4.79 Å². The molecule has 0 saturated heterocycles. The van der Waals surface area contributed by atoms with Gasteiger partial charge in [0.2, 0.25) is 0 Å². The first-order valence-electron chi connectivity index (χ1n) is 7.37. The van der Waals surface area contributed by atoms with Crippen molar-refractivity contribution in [1.82, 2.24) is 15.1 Å². The Morgan fingerprint density at radius 2 is 2.15 bits per heavy atom. The van der Waals surface area contributed by atoms with Crippen molar-refractivity contribution in [3.63, 3.8) is 0 Å². The van der Waals surface area contributed by atoms with Crippen LogP contribution in [0, 0.1) is 5.92 Å². The quantitative estimate of drug-likeness (QED) is 0.911. The summed E-state index contributed by atoms with van der Waals surface area (Å²) in [5, 5.41) is 7.96. The number of rotatable bonds is 2. The van der Waals surface area contributed by atoms with E-state index in [1.54, 1.807) is 6.20 Å². The number of aromatic amines is 1. The molecule has 3 rings (SSSR count). The van der Waals surface area contributed by atoms with E-state index in [4.69, 9.17) is 0 Å². The number of hydrogen-bond donors (Lipinski definition) is 1. The van der Waals surface area contributed by atoms with Gasteiger partial charge in [0.1, 0.15) is 0 Å². The van der Waals surface area contributed by atoms with Crippen LogP contribution in [0.5, 0.6) is 0 Å². The second-order valence-electron chi connectivity index (χ2n) is 5.92. The van der Waals surface area contributed by atoms with E-state index in [9.17, 15) is 4.79 Å². The van der Waals surface area contributed by atoms with Crippen molar-refractivity contribution in [2.24, 2.45) is 5.92 Å². The molecule has 106 valence electrons. The van der Waals surface area contributed by atoms with E-state index in [1.807, 2.05) is 30.1 Å². The van der Waals surface area contributed by atoms with E-state index < -0.39 is 0 Å². The lowest BCUT2D eigenvalue weighted by molar-refractivity contribution is 0.0629. The molecule has 4 nitrogen and oxygen atoms in total. The van der Waals surface area contributed by atoms with Crippen LogP contribution in [0.1, 0.15) is 43.0 Å². The molecular weight excluding hydrogens is 250 g/mol. The van der Waals surface area contributed by atoms with Crippen molar-refractivity contribution in [1.29, 1.82) is 0 Å². The van der Waals surface area contributed by atoms with E-state index >= 15 is 0 Å². The average molecular weight is 271 g/mol. The van der Waals surface area contributed by atoms with Crippen LogP contribution >= 0.6 is 0 Å². The number of amides is 1. The second kappa shape index (κ2) is 5.27. The van der Waals surface area contributed by atoms with Gasteiger partial charge in [-0.1, -0.05) is 25.8 Å². The summed E-state index contributed by atoms with van der Waals surface area (Å²) in [6.07, 6.45) is 6.64. The largest absolute Gasteiger partial charge is 0.338 e. The Bertz CT molecular complexity index is 619. The topological polar surface area (TPSA) is 49.0 Å². The Hall–Kier alpha value is -1.84. The highest BCUT2D eigenvalue weighted by Gasteiger charge is 2.28. The standard InChI is InChI=1S/C16H21N3O/c1-11-5-3-4-6-15(11)19(2)16(20)12-7-8-13-10-17-18-14(13)9-12/h7-11,15H,3-6H2,1-2H3,(H,17,18). The zero-order chi connectivity index (χ0) is 14.1. The zero-order valence-electron chi connectivity index (χ0n) is 12.1. The normalized spacial score (nSPS) is 22.9. The van der Waals surface area contributed by atoms with Gasteiger partial charge in [-0.3, -0.25) is 9.89 Å². The van der Waals surface area contributed by atoms with Gasteiger partial charge >= 0.3 is 0 Å². The molecule has 0 bridgehead atoms. The molecule has 0 radical (unpaired) electrons. The van der Waals surface area contributed by atoms with Crippen molar-refractivity contribution in [3.8, 4) is 0 Å². The third-order valence-corrected chi connectivity index (χ3v) is 4.57. The number of nitrogens with one attached hydrogen (secondary N) is 1. The van der Waals surface area contributed by atoms with E-state index in [0.717, 1.165) is 22.9 Å². The molecule has 2 atom stereocenters. The molecular formula is C16H21N3O. The number of H-pyrrole nitrogens is 1. The Labute approximate surface area is 119 Å². The van der Waals surface area contributed by atoms with Crippen LogP contribution in [0.3, 0.4) is 0 Å². The molecule has 1 fully saturated rings. The summed E-state index contributed by atoms with van der Waals surface area (Å²) in [7, 11) is 1.94. The van der Waals surface area contributed by atoms with Crippen LogP contribution in [-0.2, 0) is 0 Å². The van der Waals surface area contributed by atoms with Gasteiger partial charge in [0, 0.05) is 24.0 Å². The van der Waals surface area contributed by atoms with Crippen LogP contribution in [0.4, 0.5) is 0 Å². The summed E-state index contributed by atoms with van der Waals surface area (Å²) < 4.78 is 0. The minimum Gasteiger partial charge on any atom is -0.338 e. The first-order chi connectivity index (χ1) is 9.66. The highest BCUT2D eigenvalue weighted by molar-refractivity contribution is 5.97. The highest BCUT2D eigenvalue weighted by atomic mass is 16.2. The molecule has 4 heteroatoms. The zero-order valence-corrected chi connectivity index (χ0v) is 12.1. The van der Waals surface area contributed by atoms with Gasteiger partial charge in [0.05, 0.1) is 11.7 Å². The molecule has 2 unspecified atom stereocenters. The van der Waals surface area contributed by atoms with E-state index in [2.05, 4.69) is 17.1 Å². The number of nitrogens with zero attached hydrogens (tertiary/aromatic N) is 2. The fourth-order valence-corrected chi connectivity index (χ4v) is 3.30. The smallest absolute Gasteiger partial charge is 0.253 e. The molecule has 1 amide bonds. The predicted octanol–water partition coefficient (Wildman–Crippen LogP) is 3.21. The number of carbonyl (C=O) groups excluding carboxylic acids is 1. The Morgan fingerprint density at radius 1 is 1.35 bits per heavy atom. The molecule has 1 aliphatic carbocycles. The second-order valence-corrected chi connectivity index (χ2v) is 5.92. The summed E-state index contributed by atoms with van der Waals surface area (Å²) in [6.45, 7) is 2.26. The molecule has 0 aliphatic heterocycles. The first kappa shape index (κ1) is 13.2. The fraction of sp³-hybridized carbons (Fsp3) is 0.500. The SMILES string of the molecule is CC1CCCCC1N(C)C(=O)c1ccc2cn[nH]c2c1. The predicted molar refractivity (Wildman–Crippen MR) is 79.6 cm³/mol. The van der Waals surface area contributed by atoms with Crippen LogP contribution < -0.4 is 0 Å². The van der Waals surface area contributed by atoms with Crippen LogP contribution in [0.25, 0.3) is 10.9 Å². The van der Waals surface area contributed by atoms with E-state index in [0.29, 0.717) is 12.0 Å². The number of aromatic nitrogens is 2. The molecule has 1 heterocycles. The number of fused-ring (bicyclic) bond motifs is 1. The van der Waals surface area contributed by atoms with E-state index in [-0.39, 0.29) is 5.91 Å². The lowest BCUT2D eigenvalue weighted by Crippen LogP contribution is -2.42. The van der Waals surface area contributed by atoms with Crippen LogP contribution in [0.15, 0.2) is 24.4 Å². The molecule has 1 saturated carbocycles. The van der Waals surface area contributed by atoms with Crippen molar-refractivity contribution in [2.75, 3.05) is 7.05 Å². The van der Waals surface area contributed by atoms with Gasteiger partial charge in [-0.05, 0) is 30.9 Å². The molecule has 1 aromatic carbocycles. The molecule has 20 heavy (non-hydrogen) atoms. The third kappa shape index (κ3) is 2.30. The Morgan fingerprint density at radius 3 is 2.95 bits per heavy atom. The lowest BCUT2D eigenvalue weighted by Gasteiger charge is -2.36. The summed E-state index contributed by atoms with van der Waals surface area (Å²) in [6, 6.07) is 6.11. The van der Waals surface area contributed by atoms with Gasteiger partial charge in [-0.25, -0.2) is 0 Å². The lowest BCUT2D eigenvalue weighted by atomic mass is 9.85. The Kier molecular flexibility index (Phi) is 3.47.